The maximum Gasteiger partial charge on any atom is 0.321 e. The second-order valence-corrected chi connectivity index (χ2v) is 8.53. The van der Waals surface area contributed by atoms with Crippen molar-refractivity contribution in [3.8, 4) is 0 Å². The molecule has 0 saturated heterocycles. The molecule has 2 aromatic rings. The fraction of sp³-hybridized carbons (Fsp3) is 0.300. The number of sulfonamides is 1. The highest BCUT2D eigenvalue weighted by atomic mass is 32.2. The maximum atomic E-state index is 12.4. The van der Waals surface area contributed by atoms with Gasteiger partial charge in [0.2, 0.25) is 10.0 Å². The Morgan fingerprint density at radius 1 is 1.13 bits per heavy atom. The second kappa shape index (κ2) is 10.1. The lowest BCUT2D eigenvalue weighted by Gasteiger charge is -2.13. The van der Waals surface area contributed by atoms with Gasteiger partial charge in [0.05, 0.1) is 9.82 Å². The molecule has 0 radical (unpaired) electrons. The van der Waals surface area contributed by atoms with Crippen LogP contribution >= 0.6 is 0 Å². The van der Waals surface area contributed by atoms with E-state index in [0.29, 0.717) is 5.56 Å². The summed E-state index contributed by atoms with van der Waals surface area (Å²) in [5, 5.41) is 11.2. The number of nitro benzene ring substituents is 1. The van der Waals surface area contributed by atoms with Crippen molar-refractivity contribution in [2.45, 2.75) is 18.2 Å². The van der Waals surface area contributed by atoms with Crippen molar-refractivity contribution in [2.24, 2.45) is 0 Å². The number of hydrogen-bond donors (Lipinski definition) is 1. The molecule has 11 heteroatoms. The van der Waals surface area contributed by atoms with Gasteiger partial charge < -0.3 is 9.64 Å². The molecular weight excluding hydrogens is 426 g/mol. The molecule has 0 aromatic heterocycles. The molecule has 0 atom stereocenters. The predicted octanol–water partition coefficient (Wildman–Crippen LogP) is 1.93. The third-order valence-corrected chi connectivity index (χ3v) is 5.79. The van der Waals surface area contributed by atoms with Crippen molar-refractivity contribution < 1.29 is 27.7 Å². The number of anilines is 1. The van der Waals surface area contributed by atoms with Crippen LogP contribution in [0.25, 0.3) is 0 Å². The lowest BCUT2D eigenvalue weighted by atomic mass is 10.1. The Morgan fingerprint density at radius 3 is 2.32 bits per heavy atom. The standard InChI is InChI=1S/C20H23N3O7S/c1-4-14-5-7-15(8-6-14)19(24)13-30-20(25)12-21-31(28,29)16-9-10-17(22(2)3)18(11-16)23(26)27/h5-11,21H,4,12-13H2,1-3H3. The molecule has 166 valence electrons. The summed E-state index contributed by atoms with van der Waals surface area (Å²) in [4.78, 5) is 35.6. The fourth-order valence-electron chi connectivity index (χ4n) is 2.64. The molecule has 0 heterocycles. The minimum Gasteiger partial charge on any atom is -0.456 e. The first-order valence-electron chi connectivity index (χ1n) is 9.28. The number of nitrogens with one attached hydrogen (secondary N) is 1. The van der Waals surface area contributed by atoms with Gasteiger partial charge in [-0.3, -0.25) is 19.7 Å². The zero-order valence-corrected chi connectivity index (χ0v) is 18.1. The molecule has 0 fully saturated rings. The molecule has 0 unspecified atom stereocenters. The van der Waals surface area contributed by atoms with E-state index in [4.69, 9.17) is 4.74 Å². The van der Waals surface area contributed by atoms with Crippen molar-refractivity contribution in [3.63, 3.8) is 0 Å². The number of carbonyl (C=O) groups is 2. The zero-order valence-electron chi connectivity index (χ0n) is 17.3. The SMILES string of the molecule is CCc1ccc(C(=O)COC(=O)CNS(=O)(=O)c2ccc(N(C)C)c([N+](=O)[O-])c2)cc1. The van der Waals surface area contributed by atoms with Crippen LogP contribution in [-0.4, -0.2) is 52.3 Å². The van der Waals surface area contributed by atoms with Crippen LogP contribution in [-0.2, 0) is 26.0 Å². The van der Waals surface area contributed by atoms with E-state index >= 15 is 0 Å². The summed E-state index contributed by atoms with van der Waals surface area (Å²) in [7, 11) is -1.04. The van der Waals surface area contributed by atoms with Crippen molar-refractivity contribution >= 4 is 33.2 Å². The number of aryl methyl sites for hydroxylation is 1. The van der Waals surface area contributed by atoms with Gasteiger partial charge in [-0.1, -0.05) is 31.2 Å². The quantitative estimate of drug-likeness (QED) is 0.251. The number of carbonyl (C=O) groups excluding carboxylic acids is 2. The van der Waals surface area contributed by atoms with Gasteiger partial charge in [-0.05, 0) is 24.1 Å². The second-order valence-electron chi connectivity index (χ2n) is 6.76. The zero-order chi connectivity index (χ0) is 23.2. The number of rotatable bonds is 10. The number of esters is 1. The van der Waals surface area contributed by atoms with Gasteiger partial charge in [-0.25, -0.2) is 8.42 Å². The van der Waals surface area contributed by atoms with Crippen molar-refractivity contribution in [1.29, 1.82) is 0 Å². The largest absolute Gasteiger partial charge is 0.456 e. The molecule has 31 heavy (non-hydrogen) atoms. The van der Waals surface area contributed by atoms with E-state index in [9.17, 15) is 28.1 Å². The Kier molecular flexibility index (Phi) is 7.83. The Morgan fingerprint density at radius 2 is 1.77 bits per heavy atom. The van der Waals surface area contributed by atoms with Crippen LogP contribution in [0.5, 0.6) is 0 Å². The van der Waals surface area contributed by atoms with Crippen LogP contribution in [0.4, 0.5) is 11.4 Å². The normalized spacial score (nSPS) is 11.1. The third-order valence-electron chi connectivity index (χ3n) is 4.39. The number of Topliss-reactive ketones (excluding diaryl/α,β-unsaturated/α-hetero) is 1. The van der Waals surface area contributed by atoms with Crippen LogP contribution < -0.4 is 9.62 Å². The summed E-state index contributed by atoms with van der Waals surface area (Å²) in [5.74, 6) is -1.38. The number of ether oxygens (including phenoxy) is 1. The van der Waals surface area contributed by atoms with Gasteiger partial charge in [0.15, 0.2) is 12.4 Å². The summed E-state index contributed by atoms with van der Waals surface area (Å²) in [6.07, 6.45) is 0.824. The number of hydrogen-bond acceptors (Lipinski definition) is 8. The molecule has 2 rings (SSSR count). The summed E-state index contributed by atoms with van der Waals surface area (Å²) in [6, 6.07) is 10.2. The van der Waals surface area contributed by atoms with E-state index in [-0.39, 0.29) is 10.6 Å². The molecule has 0 bridgehead atoms. The van der Waals surface area contributed by atoms with Crippen LogP contribution in [0.15, 0.2) is 47.4 Å². The molecular formula is C20H23N3O7S. The molecule has 2 aromatic carbocycles. The van der Waals surface area contributed by atoms with Gasteiger partial charge in [0.1, 0.15) is 12.2 Å². The first kappa shape index (κ1) is 24.0. The van der Waals surface area contributed by atoms with E-state index in [1.165, 1.54) is 17.0 Å². The third kappa shape index (κ3) is 6.33. The molecule has 0 saturated carbocycles. The van der Waals surface area contributed by atoms with Crippen molar-refractivity contribution in [1.82, 2.24) is 4.72 Å². The van der Waals surface area contributed by atoms with Gasteiger partial charge in [-0.15, -0.1) is 0 Å². The van der Waals surface area contributed by atoms with Crippen molar-refractivity contribution in [2.75, 3.05) is 32.1 Å². The smallest absolute Gasteiger partial charge is 0.321 e. The van der Waals surface area contributed by atoms with Crippen LogP contribution in [0.2, 0.25) is 0 Å². The highest BCUT2D eigenvalue weighted by molar-refractivity contribution is 7.89. The molecule has 0 aliphatic heterocycles. The van der Waals surface area contributed by atoms with E-state index < -0.39 is 45.5 Å². The van der Waals surface area contributed by atoms with Crippen molar-refractivity contribution in [3.05, 3.63) is 63.7 Å². The summed E-state index contributed by atoms with van der Waals surface area (Å²) < 4.78 is 31.6. The predicted molar refractivity (Wildman–Crippen MR) is 114 cm³/mol. The average Bonchev–Trinajstić information content (AvgIpc) is 2.75. The van der Waals surface area contributed by atoms with Crippen LogP contribution in [0, 0.1) is 10.1 Å². The van der Waals surface area contributed by atoms with E-state index in [2.05, 4.69) is 0 Å². The van der Waals surface area contributed by atoms with E-state index in [0.717, 1.165) is 18.1 Å². The molecule has 0 amide bonds. The monoisotopic (exact) mass is 449 g/mol. The summed E-state index contributed by atoms with van der Waals surface area (Å²) in [5.41, 5.74) is 1.27. The first-order chi connectivity index (χ1) is 14.5. The Labute approximate surface area is 180 Å². The molecule has 1 N–H and O–H groups in total. The van der Waals surface area contributed by atoms with E-state index in [1.54, 1.807) is 38.4 Å². The summed E-state index contributed by atoms with van der Waals surface area (Å²) >= 11 is 0. The van der Waals surface area contributed by atoms with Gasteiger partial charge in [-0.2, -0.15) is 4.72 Å². The Bertz CT molecular complexity index is 1080. The maximum absolute atomic E-state index is 12.4. The molecule has 0 aliphatic rings. The highest BCUT2D eigenvalue weighted by Crippen LogP contribution is 2.29. The van der Waals surface area contributed by atoms with Gasteiger partial charge in [0, 0.05) is 25.7 Å². The number of nitro groups is 1. The van der Waals surface area contributed by atoms with E-state index in [1.807, 2.05) is 11.6 Å². The highest BCUT2D eigenvalue weighted by Gasteiger charge is 2.23. The van der Waals surface area contributed by atoms with Crippen LogP contribution in [0.3, 0.4) is 0 Å². The Balaban J connectivity index is 1.98. The molecule has 10 nitrogen and oxygen atoms in total. The molecule has 0 aliphatic carbocycles. The van der Waals surface area contributed by atoms with Crippen LogP contribution in [0.1, 0.15) is 22.8 Å². The van der Waals surface area contributed by atoms with Gasteiger partial charge >= 0.3 is 5.97 Å². The molecule has 0 spiro atoms. The fourth-order valence-corrected chi connectivity index (χ4v) is 3.63. The first-order valence-corrected chi connectivity index (χ1v) is 10.8. The minimum atomic E-state index is -4.21. The topological polar surface area (TPSA) is 136 Å². The lowest BCUT2D eigenvalue weighted by Crippen LogP contribution is -2.31. The number of benzene rings is 2. The number of ketones is 1. The minimum absolute atomic E-state index is 0.230. The lowest BCUT2D eigenvalue weighted by molar-refractivity contribution is -0.384. The summed E-state index contributed by atoms with van der Waals surface area (Å²) in [6.45, 7) is 0.719. The Hall–Kier alpha value is -3.31. The van der Waals surface area contributed by atoms with Gasteiger partial charge in [0.25, 0.3) is 5.69 Å². The number of nitrogens with zero attached hydrogens (tertiary/aromatic N) is 2. The average molecular weight is 449 g/mol.